The molecule has 0 bridgehead atoms. The second-order valence-corrected chi connectivity index (χ2v) is 6.45. The van der Waals surface area contributed by atoms with Gasteiger partial charge in [-0.15, -0.1) is 0 Å². The van der Waals surface area contributed by atoms with Crippen LogP contribution in [0.2, 0.25) is 5.02 Å². The molecule has 1 aliphatic carbocycles. The minimum Gasteiger partial charge on any atom is -0.308 e. The summed E-state index contributed by atoms with van der Waals surface area (Å²) in [6.45, 7) is 5.23. The van der Waals surface area contributed by atoms with Gasteiger partial charge in [0, 0.05) is 19.6 Å². The summed E-state index contributed by atoms with van der Waals surface area (Å²) in [6, 6.07) is 0.652. The molecule has 1 fully saturated rings. The van der Waals surface area contributed by atoms with E-state index in [9.17, 15) is 0 Å². The summed E-state index contributed by atoms with van der Waals surface area (Å²) in [5, 5.41) is 9.00. The molecule has 1 aromatic heterocycles. The summed E-state index contributed by atoms with van der Waals surface area (Å²) in [4.78, 5) is 0. The average molecular weight is 298 g/mol. The molecule has 20 heavy (non-hydrogen) atoms. The fourth-order valence-corrected chi connectivity index (χ4v) is 3.68. The molecule has 1 heterocycles. The maximum Gasteiger partial charge on any atom is 0.0863 e. The van der Waals surface area contributed by atoms with Gasteiger partial charge in [0.25, 0.3) is 0 Å². The van der Waals surface area contributed by atoms with Crippen LogP contribution in [-0.4, -0.2) is 15.8 Å². The Morgan fingerprint density at radius 2 is 1.95 bits per heavy atom. The van der Waals surface area contributed by atoms with Crippen LogP contribution >= 0.6 is 11.6 Å². The number of aromatic nitrogens is 2. The lowest BCUT2D eigenvalue weighted by atomic mass is 9.83. The maximum absolute atomic E-state index is 6.39. The maximum atomic E-state index is 6.39. The van der Waals surface area contributed by atoms with Crippen molar-refractivity contribution in [3.63, 3.8) is 0 Å². The second kappa shape index (κ2) is 7.46. The molecule has 0 spiro atoms. The summed E-state index contributed by atoms with van der Waals surface area (Å²) in [7, 11) is 1.99. The van der Waals surface area contributed by atoms with Gasteiger partial charge >= 0.3 is 0 Å². The van der Waals surface area contributed by atoms with Gasteiger partial charge in [0.15, 0.2) is 0 Å². The van der Waals surface area contributed by atoms with Gasteiger partial charge in [-0.25, -0.2) is 0 Å². The van der Waals surface area contributed by atoms with Crippen LogP contribution in [0.4, 0.5) is 0 Å². The molecule has 2 rings (SSSR count). The molecule has 1 saturated carbocycles. The van der Waals surface area contributed by atoms with Crippen LogP contribution in [0.25, 0.3) is 0 Å². The minimum atomic E-state index is 0.652. The molecule has 0 amide bonds. The van der Waals surface area contributed by atoms with Gasteiger partial charge in [0.05, 0.1) is 16.4 Å². The summed E-state index contributed by atoms with van der Waals surface area (Å²) in [6.07, 6.45) is 9.00. The molecule has 0 aromatic carbocycles. The van der Waals surface area contributed by atoms with Crippen LogP contribution in [0.5, 0.6) is 0 Å². The van der Waals surface area contributed by atoms with Crippen LogP contribution in [0.3, 0.4) is 0 Å². The van der Waals surface area contributed by atoms with Gasteiger partial charge in [-0.2, -0.15) is 5.10 Å². The zero-order chi connectivity index (χ0) is 14.5. The quantitative estimate of drug-likeness (QED) is 0.857. The van der Waals surface area contributed by atoms with E-state index in [1.54, 1.807) is 0 Å². The Bertz CT molecular complexity index is 420. The number of rotatable bonds is 6. The van der Waals surface area contributed by atoms with Crippen LogP contribution in [0.15, 0.2) is 0 Å². The predicted octanol–water partition coefficient (Wildman–Crippen LogP) is 4.08. The molecule has 0 unspecified atom stereocenters. The smallest absolute Gasteiger partial charge is 0.0863 e. The molecule has 0 saturated heterocycles. The Balaban J connectivity index is 1.83. The van der Waals surface area contributed by atoms with Gasteiger partial charge in [-0.05, 0) is 38.0 Å². The lowest BCUT2D eigenvalue weighted by Crippen LogP contribution is -2.33. The number of halogens is 1. The van der Waals surface area contributed by atoms with E-state index in [1.165, 1.54) is 38.5 Å². The van der Waals surface area contributed by atoms with E-state index in [-0.39, 0.29) is 0 Å². The van der Waals surface area contributed by atoms with Gasteiger partial charge in [-0.3, -0.25) is 4.68 Å². The summed E-state index contributed by atoms with van der Waals surface area (Å²) in [5.74, 6) is 0.963. The Morgan fingerprint density at radius 3 is 2.50 bits per heavy atom. The Labute approximate surface area is 128 Å². The monoisotopic (exact) mass is 297 g/mol. The second-order valence-electron chi connectivity index (χ2n) is 6.07. The molecule has 114 valence electrons. The van der Waals surface area contributed by atoms with E-state index in [1.807, 2.05) is 11.7 Å². The third-order valence-electron chi connectivity index (χ3n) is 4.60. The first-order valence-electron chi connectivity index (χ1n) is 8.09. The largest absolute Gasteiger partial charge is 0.308 e. The standard InChI is InChI=1S/C16H28ClN3/c1-4-6-12-7-9-13(10-8-12)18-11-15-16(17)14(5-2)19-20(15)3/h12-13,18H,4-11H2,1-3H3. The van der Waals surface area contributed by atoms with E-state index < -0.39 is 0 Å². The first kappa shape index (κ1) is 15.8. The van der Waals surface area contributed by atoms with E-state index in [4.69, 9.17) is 11.6 Å². The van der Waals surface area contributed by atoms with Crippen LogP contribution < -0.4 is 5.32 Å². The van der Waals surface area contributed by atoms with Crippen molar-refractivity contribution in [3.05, 3.63) is 16.4 Å². The van der Waals surface area contributed by atoms with Gasteiger partial charge < -0.3 is 5.32 Å². The predicted molar refractivity (Wildman–Crippen MR) is 85.1 cm³/mol. The number of nitrogens with zero attached hydrogens (tertiary/aromatic N) is 2. The molecule has 0 atom stereocenters. The zero-order valence-electron chi connectivity index (χ0n) is 13.1. The number of hydrogen-bond donors (Lipinski definition) is 1. The fraction of sp³-hybridized carbons (Fsp3) is 0.812. The molecular weight excluding hydrogens is 270 g/mol. The van der Waals surface area contributed by atoms with Crippen LogP contribution in [0, 0.1) is 5.92 Å². The molecule has 0 radical (unpaired) electrons. The highest BCUT2D eigenvalue weighted by atomic mass is 35.5. The Kier molecular flexibility index (Phi) is 5.91. The topological polar surface area (TPSA) is 29.9 Å². The van der Waals surface area contributed by atoms with Crippen molar-refractivity contribution in [2.45, 2.75) is 71.4 Å². The first-order valence-corrected chi connectivity index (χ1v) is 8.47. The van der Waals surface area contributed by atoms with Crippen molar-refractivity contribution in [1.82, 2.24) is 15.1 Å². The normalized spacial score (nSPS) is 23.2. The molecule has 3 nitrogen and oxygen atoms in total. The highest BCUT2D eigenvalue weighted by Gasteiger charge is 2.21. The molecule has 4 heteroatoms. The summed E-state index contributed by atoms with van der Waals surface area (Å²) >= 11 is 6.39. The van der Waals surface area contributed by atoms with Gasteiger partial charge in [0.2, 0.25) is 0 Å². The summed E-state index contributed by atoms with van der Waals surface area (Å²) in [5.41, 5.74) is 2.14. The van der Waals surface area contributed by atoms with Crippen molar-refractivity contribution < 1.29 is 0 Å². The highest BCUT2D eigenvalue weighted by Crippen LogP contribution is 2.28. The highest BCUT2D eigenvalue weighted by molar-refractivity contribution is 6.31. The van der Waals surface area contributed by atoms with Crippen molar-refractivity contribution in [2.75, 3.05) is 0 Å². The van der Waals surface area contributed by atoms with E-state index in [2.05, 4.69) is 24.3 Å². The average Bonchev–Trinajstić information content (AvgIpc) is 2.73. The van der Waals surface area contributed by atoms with Gasteiger partial charge in [-0.1, -0.05) is 38.3 Å². The van der Waals surface area contributed by atoms with Crippen LogP contribution in [0.1, 0.15) is 63.8 Å². The Morgan fingerprint density at radius 1 is 1.25 bits per heavy atom. The SMILES string of the molecule is CCCC1CCC(NCc2c(Cl)c(CC)nn2C)CC1. The Hall–Kier alpha value is -0.540. The number of aryl methyl sites for hydroxylation is 2. The van der Waals surface area contributed by atoms with Crippen molar-refractivity contribution in [3.8, 4) is 0 Å². The van der Waals surface area contributed by atoms with E-state index >= 15 is 0 Å². The van der Waals surface area contributed by atoms with E-state index in [0.29, 0.717) is 6.04 Å². The zero-order valence-corrected chi connectivity index (χ0v) is 13.8. The summed E-state index contributed by atoms with van der Waals surface area (Å²) < 4.78 is 1.93. The van der Waals surface area contributed by atoms with Crippen molar-refractivity contribution >= 4 is 11.6 Å². The van der Waals surface area contributed by atoms with Crippen LogP contribution in [-0.2, 0) is 20.0 Å². The van der Waals surface area contributed by atoms with Crippen molar-refractivity contribution in [1.29, 1.82) is 0 Å². The molecule has 1 aliphatic rings. The molecular formula is C16H28ClN3. The molecule has 0 aliphatic heterocycles. The van der Waals surface area contributed by atoms with Crippen molar-refractivity contribution in [2.24, 2.45) is 13.0 Å². The lowest BCUT2D eigenvalue weighted by Gasteiger charge is -2.29. The number of hydrogen-bond acceptors (Lipinski definition) is 2. The number of nitrogens with one attached hydrogen (secondary N) is 1. The molecule has 1 aromatic rings. The lowest BCUT2D eigenvalue weighted by molar-refractivity contribution is 0.276. The molecule has 1 N–H and O–H groups in total. The van der Waals surface area contributed by atoms with Gasteiger partial charge in [0.1, 0.15) is 0 Å². The third-order valence-corrected chi connectivity index (χ3v) is 5.04. The minimum absolute atomic E-state index is 0.652. The first-order chi connectivity index (χ1) is 9.65. The third kappa shape index (κ3) is 3.76. The fourth-order valence-electron chi connectivity index (χ4n) is 3.32. The van der Waals surface area contributed by atoms with E-state index in [0.717, 1.165) is 35.3 Å².